The number of aryl methyl sites for hydroxylation is 2. The number of carbonyl (C=O) groups excluding carboxylic acids is 1. The molecule has 0 aliphatic rings. The Labute approximate surface area is 75.4 Å². The molecule has 0 aliphatic heterocycles. The Kier molecular flexibility index (Phi) is 2.23. The van der Waals surface area contributed by atoms with Gasteiger partial charge in [-0.3, -0.25) is 9.59 Å². The van der Waals surface area contributed by atoms with Gasteiger partial charge in [-0.1, -0.05) is 0 Å². The van der Waals surface area contributed by atoms with E-state index in [9.17, 15) is 14.7 Å². The van der Waals surface area contributed by atoms with Gasteiger partial charge in [0.2, 0.25) is 0 Å². The fraction of sp³-hybridized carbons (Fsp3) is 0.333. The van der Waals surface area contributed by atoms with Gasteiger partial charge in [0.05, 0.1) is 0 Å². The van der Waals surface area contributed by atoms with Gasteiger partial charge < -0.3 is 9.67 Å². The summed E-state index contributed by atoms with van der Waals surface area (Å²) >= 11 is 0. The average Bonchev–Trinajstić information content (AvgIpc) is 2.01. The molecule has 0 aliphatic carbocycles. The van der Waals surface area contributed by atoms with Gasteiger partial charge in [-0.25, -0.2) is 0 Å². The van der Waals surface area contributed by atoms with Gasteiger partial charge in [0.1, 0.15) is 11.3 Å². The molecule has 1 aromatic rings. The van der Waals surface area contributed by atoms with Gasteiger partial charge in [0.15, 0.2) is 5.78 Å². The molecule has 0 aromatic carbocycles. The molecule has 0 atom stereocenters. The van der Waals surface area contributed by atoms with Gasteiger partial charge in [0, 0.05) is 18.8 Å². The second-order valence-electron chi connectivity index (χ2n) is 3.01. The molecule has 1 rings (SSSR count). The highest BCUT2D eigenvalue weighted by molar-refractivity contribution is 5.96. The number of carbonyl (C=O) groups is 1. The molecule has 0 bridgehead atoms. The Bertz CT molecular complexity index is 418. The summed E-state index contributed by atoms with van der Waals surface area (Å²) in [6.45, 7) is 2.90. The lowest BCUT2D eigenvalue weighted by atomic mass is 10.1. The first kappa shape index (κ1) is 9.51. The van der Waals surface area contributed by atoms with Crippen molar-refractivity contribution in [2.24, 2.45) is 7.05 Å². The van der Waals surface area contributed by atoms with Crippen molar-refractivity contribution in [2.45, 2.75) is 13.8 Å². The summed E-state index contributed by atoms with van der Waals surface area (Å²) in [6.07, 6.45) is 1.49. The van der Waals surface area contributed by atoms with E-state index in [-0.39, 0.29) is 11.3 Å². The molecule has 0 radical (unpaired) electrons. The van der Waals surface area contributed by atoms with Crippen LogP contribution in [-0.2, 0) is 7.05 Å². The van der Waals surface area contributed by atoms with Crippen LogP contribution in [0.5, 0.6) is 5.75 Å². The van der Waals surface area contributed by atoms with E-state index in [0.717, 1.165) is 0 Å². The number of rotatable bonds is 1. The molecule has 1 heterocycles. The second kappa shape index (κ2) is 3.05. The molecule has 0 saturated carbocycles. The topological polar surface area (TPSA) is 59.3 Å². The fourth-order valence-electron chi connectivity index (χ4n) is 1.20. The van der Waals surface area contributed by atoms with Crippen LogP contribution in [0.4, 0.5) is 0 Å². The van der Waals surface area contributed by atoms with E-state index in [0.29, 0.717) is 5.56 Å². The molecule has 4 nitrogen and oxygen atoms in total. The van der Waals surface area contributed by atoms with Crippen LogP contribution in [0.1, 0.15) is 22.8 Å². The number of ketones is 1. The number of hydrogen-bond acceptors (Lipinski definition) is 3. The first-order valence-electron chi connectivity index (χ1n) is 3.85. The third kappa shape index (κ3) is 1.47. The Morgan fingerprint density at radius 2 is 2.08 bits per heavy atom. The zero-order valence-electron chi connectivity index (χ0n) is 7.79. The minimum absolute atomic E-state index is 0.137. The third-order valence-electron chi connectivity index (χ3n) is 1.88. The predicted molar refractivity (Wildman–Crippen MR) is 48.1 cm³/mol. The zero-order chi connectivity index (χ0) is 10.2. The maximum absolute atomic E-state index is 11.4. The van der Waals surface area contributed by atoms with E-state index in [1.807, 2.05) is 0 Å². The summed E-state index contributed by atoms with van der Waals surface area (Å²) in [5.41, 5.74) is -0.0783. The molecular weight excluding hydrogens is 170 g/mol. The number of pyridine rings is 1. The highest BCUT2D eigenvalue weighted by Gasteiger charge is 2.14. The molecule has 1 N–H and O–H groups in total. The molecule has 0 saturated heterocycles. The van der Waals surface area contributed by atoms with E-state index < -0.39 is 11.3 Å². The lowest BCUT2D eigenvalue weighted by Gasteiger charge is -2.06. The van der Waals surface area contributed by atoms with Crippen LogP contribution < -0.4 is 5.56 Å². The minimum atomic E-state index is -0.462. The summed E-state index contributed by atoms with van der Waals surface area (Å²) in [4.78, 5) is 22.4. The van der Waals surface area contributed by atoms with Gasteiger partial charge in [-0.2, -0.15) is 0 Å². The molecule has 0 fully saturated rings. The monoisotopic (exact) mass is 181 g/mol. The molecule has 0 amide bonds. The van der Waals surface area contributed by atoms with Crippen LogP contribution in [0.25, 0.3) is 0 Å². The normalized spacial score (nSPS) is 10.1. The van der Waals surface area contributed by atoms with Crippen LogP contribution in [-0.4, -0.2) is 15.5 Å². The Morgan fingerprint density at radius 1 is 1.54 bits per heavy atom. The smallest absolute Gasteiger partial charge is 0.264 e. The lowest BCUT2D eigenvalue weighted by Crippen LogP contribution is -2.23. The molecule has 0 spiro atoms. The number of aromatic hydroxyl groups is 1. The van der Waals surface area contributed by atoms with Crippen LogP contribution in [0.3, 0.4) is 0 Å². The van der Waals surface area contributed by atoms with Crippen molar-refractivity contribution in [1.82, 2.24) is 4.57 Å². The first-order chi connectivity index (χ1) is 5.95. The van der Waals surface area contributed by atoms with Crippen molar-refractivity contribution in [2.75, 3.05) is 0 Å². The predicted octanol–water partition coefficient (Wildman–Crippen LogP) is 0.602. The standard InChI is InChI=1S/C9H11NO3/c1-5-4-10(3)9(13)7(6(2)11)8(5)12/h4,12H,1-3H3. The van der Waals surface area contributed by atoms with Crippen molar-refractivity contribution < 1.29 is 9.90 Å². The van der Waals surface area contributed by atoms with Gasteiger partial charge >= 0.3 is 0 Å². The maximum Gasteiger partial charge on any atom is 0.264 e. The second-order valence-corrected chi connectivity index (χ2v) is 3.01. The van der Waals surface area contributed by atoms with Crippen LogP contribution in [0.15, 0.2) is 11.0 Å². The maximum atomic E-state index is 11.4. The van der Waals surface area contributed by atoms with Crippen LogP contribution >= 0.6 is 0 Å². The summed E-state index contributed by atoms with van der Waals surface area (Å²) in [5, 5.41) is 9.44. The van der Waals surface area contributed by atoms with Crippen molar-refractivity contribution in [3.8, 4) is 5.75 Å². The number of nitrogens with zero attached hydrogens (tertiary/aromatic N) is 1. The molecule has 4 heteroatoms. The van der Waals surface area contributed by atoms with Crippen LogP contribution in [0, 0.1) is 6.92 Å². The number of aromatic nitrogens is 1. The average molecular weight is 181 g/mol. The van der Waals surface area contributed by atoms with Crippen molar-refractivity contribution in [3.05, 3.63) is 27.7 Å². The zero-order valence-corrected chi connectivity index (χ0v) is 7.79. The quantitative estimate of drug-likeness (QED) is 0.645. The van der Waals surface area contributed by atoms with E-state index in [2.05, 4.69) is 0 Å². The molecular formula is C9H11NO3. The summed E-state index contributed by atoms with van der Waals surface area (Å²) in [7, 11) is 1.54. The Hall–Kier alpha value is -1.58. The molecule has 13 heavy (non-hydrogen) atoms. The van der Waals surface area contributed by atoms with Crippen molar-refractivity contribution in [1.29, 1.82) is 0 Å². The van der Waals surface area contributed by atoms with Crippen molar-refractivity contribution >= 4 is 5.78 Å². The largest absolute Gasteiger partial charge is 0.507 e. The number of hydrogen-bond donors (Lipinski definition) is 1. The molecule has 70 valence electrons. The number of Topliss-reactive ketones (excluding diaryl/α,β-unsaturated/α-hetero) is 1. The van der Waals surface area contributed by atoms with E-state index in [1.165, 1.54) is 17.7 Å². The van der Waals surface area contributed by atoms with E-state index in [1.54, 1.807) is 14.0 Å². The highest BCUT2D eigenvalue weighted by Crippen LogP contribution is 2.17. The van der Waals surface area contributed by atoms with Crippen molar-refractivity contribution in [3.63, 3.8) is 0 Å². The lowest BCUT2D eigenvalue weighted by molar-refractivity contribution is 0.101. The Morgan fingerprint density at radius 3 is 2.54 bits per heavy atom. The van der Waals surface area contributed by atoms with Gasteiger partial charge in [-0.15, -0.1) is 0 Å². The summed E-state index contributed by atoms with van der Waals surface area (Å²) in [5.74, 6) is -0.627. The minimum Gasteiger partial charge on any atom is -0.507 e. The summed E-state index contributed by atoms with van der Waals surface area (Å²) < 4.78 is 1.28. The summed E-state index contributed by atoms with van der Waals surface area (Å²) in [6, 6.07) is 0. The third-order valence-corrected chi connectivity index (χ3v) is 1.88. The first-order valence-corrected chi connectivity index (χ1v) is 3.85. The molecule has 1 aromatic heterocycles. The van der Waals surface area contributed by atoms with E-state index in [4.69, 9.17) is 0 Å². The van der Waals surface area contributed by atoms with Gasteiger partial charge in [-0.05, 0) is 13.8 Å². The Balaban J connectivity index is 3.66. The highest BCUT2D eigenvalue weighted by atomic mass is 16.3. The van der Waals surface area contributed by atoms with Crippen LogP contribution in [0.2, 0.25) is 0 Å². The fourth-order valence-corrected chi connectivity index (χ4v) is 1.20. The molecule has 0 unspecified atom stereocenters. The SMILES string of the molecule is CC(=O)c1c(O)c(C)cn(C)c1=O. The van der Waals surface area contributed by atoms with E-state index >= 15 is 0 Å². The van der Waals surface area contributed by atoms with Gasteiger partial charge in [0.25, 0.3) is 5.56 Å².